The Morgan fingerprint density at radius 2 is 1.76 bits per heavy atom. The van der Waals surface area contributed by atoms with Crippen molar-refractivity contribution in [3.8, 4) is 0 Å². The summed E-state index contributed by atoms with van der Waals surface area (Å²) < 4.78 is 63.6. The van der Waals surface area contributed by atoms with E-state index < -0.39 is 45.0 Å². The van der Waals surface area contributed by atoms with Gasteiger partial charge in [0.2, 0.25) is 10.0 Å². The lowest BCUT2D eigenvalue weighted by molar-refractivity contribution is 0.265. The molecular weight excluding hydrogens is 259 g/mol. The van der Waals surface area contributed by atoms with Crippen LogP contribution in [0.25, 0.3) is 0 Å². The third-order valence-corrected chi connectivity index (χ3v) is 3.50. The topological polar surface area (TPSA) is 66.4 Å². The van der Waals surface area contributed by atoms with Crippen LogP contribution in [0.5, 0.6) is 0 Å². The quantitative estimate of drug-likeness (QED) is 0.793. The van der Waals surface area contributed by atoms with Crippen molar-refractivity contribution < 1.29 is 26.7 Å². The summed E-state index contributed by atoms with van der Waals surface area (Å²) in [6.07, 6.45) is 0. The minimum atomic E-state index is -4.33. The molecule has 1 aromatic carbocycles. The van der Waals surface area contributed by atoms with E-state index in [1.165, 1.54) is 6.92 Å². The van der Waals surface area contributed by atoms with Crippen LogP contribution < -0.4 is 4.72 Å². The van der Waals surface area contributed by atoms with Gasteiger partial charge < -0.3 is 5.11 Å². The Labute approximate surface area is 96.1 Å². The molecule has 0 aromatic heterocycles. The van der Waals surface area contributed by atoms with Crippen molar-refractivity contribution in [3.63, 3.8) is 0 Å². The largest absolute Gasteiger partial charge is 0.395 e. The van der Waals surface area contributed by atoms with Gasteiger partial charge in [0.1, 0.15) is 10.7 Å². The predicted octanol–water partition coefficient (Wildman–Crippen LogP) is 0.763. The molecule has 8 heteroatoms. The summed E-state index contributed by atoms with van der Waals surface area (Å²) in [7, 11) is -4.33. The zero-order valence-corrected chi connectivity index (χ0v) is 9.56. The van der Waals surface area contributed by atoms with Crippen molar-refractivity contribution in [1.29, 1.82) is 0 Å². The molecule has 4 nitrogen and oxygen atoms in total. The van der Waals surface area contributed by atoms with E-state index in [4.69, 9.17) is 5.11 Å². The maximum atomic E-state index is 13.2. The van der Waals surface area contributed by atoms with Gasteiger partial charge in [-0.25, -0.2) is 26.3 Å². The minimum absolute atomic E-state index is 0.146. The molecule has 1 rings (SSSR count). The lowest BCUT2D eigenvalue weighted by atomic mass is 10.3. The lowest BCUT2D eigenvalue weighted by Gasteiger charge is -2.12. The molecule has 0 amide bonds. The number of nitrogens with one attached hydrogen (secondary N) is 1. The van der Waals surface area contributed by atoms with E-state index in [1.54, 1.807) is 0 Å². The number of rotatable bonds is 4. The summed E-state index contributed by atoms with van der Waals surface area (Å²) in [6, 6.07) is -0.475. The second kappa shape index (κ2) is 5.03. The average molecular weight is 269 g/mol. The van der Waals surface area contributed by atoms with Crippen LogP contribution in [-0.2, 0) is 10.0 Å². The normalized spacial score (nSPS) is 13.7. The van der Waals surface area contributed by atoms with Gasteiger partial charge in [0.25, 0.3) is 0 Å². The number of benzene rings is 1. The first-order chi connectivity index (χ1) is 7.77. The summed E-state index contributed by atoms with van der Waals surface area (Å²) in [5.41, 5.74) is 0. The zero-order chi connectivity index (χ0) is 13.2. The monoisotopic (exact) mass is 269 g/mol. The fourth-order valence-electron chi connectivity index (χ4n) is 1.08. The van der Waals surface area contributed by atoms with E-state index in [0.29, 0.717) is 0 Å². The van der Waals surface area contributed by atoms with Gasteiger partial charge >= 0.3 is 0 Å². The van der Waals surface area contributed by atoms with Gasteiger partial charge in [0.05, 0.1) is 6.61 Å². The number of hydrogen-bond donors (Lipinski definition) is 2. The number of aliphatic hydroxyl groups excluding tert-OH is 1. The second-order valence-corrected chi connectivity index (χ2v) is 5.08. The fraction of sp³-hybridized carbons (Fsp3) is 0.333. The van der Waals surface area contributed by atoms with Crippen LogP contribution in [0, 0.1) is 17.5 Å². The molecule has 0 radical (unpaired) electrons. The Kier molecular flexibility index (Phi) is 4.12. The van der Waals surface area contributed by atoms with E-state index in [-0.39, 0.29) is 12.1 Å². The van der Waals surface area contributed by atoms with Gasteiger partial charge in [-0.1, -0.05) is 0 Å². The van der Waals surface area contributed by atoms with Gasteiger partial charge in [-0.3, -0.25) is 0 Å². The van der Waals surface area contributed by atoms with E-state index in [0.717, 1.165) is 0 Å². The molecule has 0 fully saturated rings. The Hall–Kier alpha value is -1.12. The van der Waals surface area contributed by atoms with Crippen molar-refractivity contribution >= 4 is 10.0 Å². The Morgan fingerprint density at radius 3 is 2.29 bits per heavy atom. The predicted molar refractivity (Wildman–Crippen MR) is 53.2 cm³/mol. The lowest BCUT2D eigenvalue weighted by Crippen LogP contribution is -2.35. The van der Waals surface area contributed by atoms with Crippen molar-refractivity contribution in [2.75, 3.05) is 6.61 Å². The Balaban J connectivity index is 3.20. The number of aliphatic hydroxyl groups is 1. The Bertz CT molecular complexity index is 518. The minimum Gasteiger partial charge on any atom is -0.395 e. The van der Waals surface area contributed by atoms with Gasteiger partial charge in [0, 0.05) is 12.1 Å². The highest BCUT2D eigenvalue weighted by molar-refractivity contribution is 7.89. The molecule has 96 valence electrons. The highest BCUT2D eigenvalue weighted by atomic mass is 32.2. The SMILES string of the molecule is C[C@H](CO)NS(=O)(=O)c1cc(F)c(F)cc1F. The highest BCUT2D eigenvalue weighted by Gasteiger charge is 2.23. The third-order valence-electron chi connectivity index (χ3n) is 1.89. The van der Waals surface area contributed by atoms with Crippen LogP contribution in [0.2, 0.25) is 0 Å². The van der Waals surface area contributed by atoms with Crippen molar-refractivity contribution in [3.05, 3.63) is 29.6 Å². The standard InChI is InChI=1S/C9H10F3NO3S/c1-5(4-14)13-17(15,16)9-3-7(11)6(10)2-8(9)12/h2-3,5,13-14H,4H2,1H3/t5-/m1/s1. The van der Waals surface area contributed by atoms with E-state index >= 15 is 0 Å². The summed E-state index contributed by atoms with van der Waals surface area (Å²) in [5.74, 6) is -4.35. The molecule has 0 heterocycles. The molecule has 1 atom stereocenters. The Morgan fingerprint density at radius 1 is 1.24 bits per heavy atom. The first kappa shape index (κ1) is 13.9. The molecule has 17 heavy (non-hydrogen) atoms. The summed E-state index contributed by atoms with van der Waals surface area (Å²) in [6.45, 7) is 0.819. The van der Waals surface area contributed by atoms with Gasteiger partial charge in [-0.05, 0) is 13.0 Å². The van der Waals surface area contributed by atoms with Gasteiger partial charge in [0.15, 0.2) is 11.6 Å². The summed E-state index contributed by atoms with van der Waals surface area (Å²) in [4.78, 5) is -1.00. The molecule has 2 N–H and O–H groups in total. The third kappa shape index (κ3) is 3.18. The molecule has 0 aliphatic rings. The van der Waals surface area contributed by atoms with Crippen LogP contribution in [0.1, 0.15) is 6.92 Å². The zero-order valence-electron chi connectivity index (χ0n) is 8.75. The van der Waals surface area contributed by atoms with Crippen molar-refractivity contribution in [1.82, 2.24) is 4.72 Å². The molecule has 0 aliphatic heterocycles. The smallest absolute Gasteiger partial charge is 0.243 e. The molecule has 0 saturated heterocycles. The maximum absolute atomic E-state index is 13.2. The second-order valence-electron chi connectivity index (χ2n) is 3.40. The summed E-state index contributed by atoms with van der Waals surface area (Å²) >= 11 is 0. The molecule has 0 bridgehead atoms. The number of hydrogen-bond acceptors (Lipinski definition) is 3. The van der Waals surface area contributed by atoms with E-state index in [9.17, 15) is 21.6 Å². The van der Waals surface area contributed by atoms with Gasteiger partial charge in [-0.15, -0.1) is 0 Å². The van der Waals surface area contributed by atoms with Crippen LogP contribution in [-0.4, -0.2) is 26.2 Å². The van der Waals surface area contributed by atoms with Crippen LogP contribution in [0.15, 0.2) is 17.0 Å². The molecule has 1 aromatic rings. The molecular formula is C9H10F3NO3S. The van der Waals surface area contributed by atoms with E-state index in [2.05, 4.69) is 0 Å². The molecule has 0 unspecified atom stereocenters. The average Bonchev–Trinajstić information content (AvgIpc) is 2.22. The summed E-state index contributed by atoms with van der Waals surface area (Å²) in [5, 5.41) is 8.66. The maximum Gasteiger partial charge on any atom is 0.243 e. The first-order valence-electron chi connectivity index (χ1n) is 4.55. The van der Waals surface area contributed by atoms with E-state index in [1.807, 2.05) is 4.72 Å². The number of halogens is 3. The molecule has 0 saturated carbocycles. The molecule has 0 aliphatic carbocycles. The van der Waals surface area contributed by atoms with Crippen LogP contribution in [0.3, 0.4) is 0 Å². The van der Waals surface area contributed by atoms with Crippen molar-refractivity contribution in [2.45, 2.75) is 17.9 Å². The fourth-order valence-corrected chi connectivity index (χ4v) is 2.38. The highest BCUT2D eigenvalue weighted by Crippen LogP contribution is 2.18. The van der Waals surface area contributed by atoms with Crippen molar-refractivity contribution in [2.24, 2.45) is 0 Å². The van der Waals surface area contributed by atoms with Gasteiger partial charge in [-0.2, -0.15) is 0 Å². The van der Waals surface area contributed by atoms with Crippen LogP contribution in [0.4, 0.5) is 13.2 Å². The first-order valence-corrected chi connectivity index (χ1v) is 6.04. The molecule has 0 spiro atoms. The van der Waals surface area contributed by atoms with Crippen LogP contribution >= 0.6 is 0 Å². The number of sulfonamides is 1.